The molecule has 11 rings (SSSR count). The quantitative estimate of drug-likeness (QED) is 0.0924. The highest BCUT2D eigenvalue weighted by Gasteiger charge is 2.44. The van der Waals surface area contributed by atoms with Crippen molar-refractivity contribution < 1.29 is 9.90 Å². The highest BCUT2D eigenvalue weighted by molar-refractivity contribution is 7.24. The number of fused-ring (bicyclic) bond motifs is 9. The van der Waals surface area contributed by atoms with E-state index in [4.69, 9.17) is 0 Å². The van der Waals surface area contributed by atoms with Gasteiger partial charge in [-0.2, -0.15) is 5.26 Å². The number of carbonyl (C=O) groups is 1. The van der Waals surface area contributed by atoms with E-state index in [1.54, 1.807) is 17.4 Å². The van der Waals surface area contributed by atoms with Crippen LogP contribution in [-0.4, -0.2) is 11.1 Å². The molecule has 0 saturated carbocycles. The first-order valence-corrected chi connectivity index (χ1v) is 26.4. The number of anilines is 3. The number of nitriles is 1. The number of nitrogens with zero attached hydrogens (tertiary/aromatic N) is 2. The fourth-order valence-electron chi connectivity index (χ4n) is 12.9. The molecule has 342 valence electrons. The lowest BCUT2D eigenvalue weighted by Gasteiger charge is -2.34. The van der Waals surface area contributed by atoms with E-state index in [0.29, 0.717) is 0 Å². The Labute approximate surface area is 414 Å². The molecule has 0 bridgehead atoms. The monoisotopic (exact) mass is 936 g/mol. The van der Waals surface area contributed by atoms with E-state index in [2.05, 4.69) is 180 Å². The minimum absolute atomic E-state index is 0.0545. The standard InChI is InChI=1S/C63H56N2O2S2/c1-7-61(8-2)51-19-15-13-17-45(51)48-27-22-41(35-54(48)61)65(42-23-28-49-46-18-14-16-20-52(46)62(9-3,10-4)55(49)36-42)43-24-29-50-47-26-21-39(34-53(47)63(11-5,12-6)56(50)37-43)57-31-32-59(69-57)58-30-25-44(68-58)33-40(38-64)60(66)67/h13-37H,7-12H2,1-6H3,(H,66,67)/b40-33-. The third-order valence-corrected chi connectivity index (χ3v) is 19.0. The molecule has 0 fully saturated rings. The summed E-state index contributed by atoms with van der Waals surface area (Å²) in [6.45, 7) is 14.2. The van der Waals surface area contributed by atoms with E-state index in [1.165, 1.54) is 112 Å². The van der Waals surface area contributed by atoms with Crippen molar-refractivity contribution in [2.45, 2.75) is 96.3 Å². The molecule has 0 spiro atoms. The van der Waals surface area contributed by atoms with E-state index in [1.807, 2.05) is 12.1 Å². The minimum atomic E-state index is -1.21. The number of rotatable bonds is 13. The SMILES string of the molecule is CCC1(CC)c2ccccc2-c2ccc(N(c3ccc4c(c3)C(CC)(CC)c3ccccc3-4)c3ccc4c(c3)C(CC)(CC)c3cc(-c5ccc(-c6ccc(/C=C(/C#N)C(=O)O)s6)s5)ccc3-4)cc21. The van der Waals surface area contributed by atoms with Gasteiger partial charge in [-0.1, -0.05) is 120 Å². The number of hydrogen-bond acceptors (Lipinski definition) is 5. The molecule has 0 unspecified atom stereocenters. The summed E-state index contributed by atoms with van der Waals surface area (Å²) in [5.41, 5.74) is 20.8. The molecule has 3 aliphatic rings. The van der Waals surface area contributed by atoms with Crippen molar-refractivity contribution in [3.05, 3.63) is 189 Å². The van der Waals surface area contributed by atoms with E-state index in [-0.39, 0.29) is 21.8 Å². The Morgan fingerprint density at radius 1 is 0.493 bits per heavy atom. The smallest absolute Gasteiger partial charge is 0.346 e. The average molecular weight is 937 g/mol. The Morgan fingerprint density at radius 2 is 0.884 bits per heavy atom. The van der Waals surface area contributed by atoms with Gasteiger partial charge in [-0.05, 0) is 184 Å². The van der Waals surface area contributed by atoms with Crippen molar-refractivity contribution in [2.24, 2.45) is 0 Å². The van der Waals surface area contributed by atoms with Gasteiger partial charge in [-0.15, -0.1) is 22.7 Å². The molecule has 1 N–H and O–H groups in total. The summed E-state index contributed by atoms with van der Waals surface area (Å²) in [7, 11) is 0. The fourth-order valence-corrected chi connectivity index (χ4v) is 14.9. The van der Waals surface area contributed by atoms with Gasteiger partial charge in [0, 0.05) is 52.8 Å². The topological polar surface area (TPSA) is 64.3 Å². The van der Waals surface area contributed by atoms with Gasteiger partial charge in [-0.25, -0.2) is 4.79 Å². The Morgan fingerprint density at radius 3 is 1.35 bits per heavy atom. The summed E-state index contributed by atoms with van der Waals surface area (Å²) in [5, 5.41) is 18.7. The molecule has 0 saturated heterocycles. The highest BCUT2D eigenvalue weighted by atomic mass is 32.1. The van der Waals surface area contributed by atoms with E-state index < -0.39 is 5.97 Å². The van der Waals surface area contributed by atoms with Gasteiger partial charge in [0.2, 0.25) is 0 Å². The molecule has 0 atom stereocenters. The fraction of sp³-hybridized carbons (Fsp3) is 0.238. The van der Waals surface area contributed by atoms with Crippen LogP contribution < -0.4 is 4.90 Å². The van der Waals surface area contributed by atoms with Crippen LogP contribution in [0.25, 0.3) is 59.7 Å². The van der Waals surface area contributed by atoms with Gasteiger partial charge >= 0.3 is 5.97 Å². The van der Waals surface area contributed by atoms with Crippen LogP contribution in [0.3, 0.4) is 0 Å². The number of carboxylic acid groups (broad SMARTS) is 1. The van der Waals surface area contributed by atoms with Crippen LogP contribution in [0.4, 0.5) is 17.1 Å². The molecule has 4 nitrogen and oxygen atoms in total. The third kappa shape index (κ3) is 6.54. The Kier molecular flexibility index (Phi) is 11.0. The minimum Gasteiger partial charge on any atom is -0.477 e. The molecule has 69 heavy (non-hydrogen) atoms. The predicted octanol–water partition coefficient (Wildman–Crippen LogP) is 17.9. The second-order valence-electron chi connectivity index (χ2n) is 19.1. The zero-order chi connectivity index (χ0) is 47.8. The number of aliphatic carboxylic acids is 1. The Bertz CT molecular complexity index is 3330. The second-order valence-corrected chi connectivity index (χ2v) is 21.3. The zero-order valence-corrected chi connectivity index (χ0v) is 41.9. The highest BCUT2D eigenvalue weighted by Crippen LogP contribution is 2.59. The lowest BCUT2D eigenvalue weighted by Crippen LogP contribution is -2.25. The molecule has 0 aliphatic heterocycles. The van der Waals surface area contributed by atoms with Crippen LogP contribution >= 0.6 is 22.7 Å². The molecule has 2 heterocycles. The largest absolute Gasteiger partial charge is 0.477 e. The first kappa shape index (κ1) is 44.7. The van der Waals surface area contributed by atoms with E-state index in [0.717, 1.165) is 53.2 Å². The summed E-state index contributed by atoms with van der Waals surface area (Å²) < 4.78 is 0. The van der Waals surface area contributed by atoms with Gasteiger partial charge in [0.25, 0.3) is 0 Å². The molecule has 3 aliphatic carbocycles. The van der Waals surface area contributed by atoms with Gasteiger partial charge in [0.15, 0.2) is 0 Å². The van der Waals surface area contributed by atoms with Crippen LogP contribution in [0.1, 0.15) is 118 Å². The normalized spacial score (nSPS) is 15.1. The van der Waals surface area contributed by atoms with E-state index >= 15 is 0 Å². The zero-order valence-electron chi connectivity index (χ0n) is 40.2. The first-order valence-electron chi connectivity index (χ1n) is 24.8. The van der Waals surface area contributed by atoms with Crippen LogP contribution in [0.15, 0.2) is 151 Å². The van der Waals surface area contributed by atoms with Crippen LogP contribution in [0.2, 0.25) is 0 Å². The number of carboxylic acids is 1. The summed E-state index contributed by atoms with van der Waals surface area (Å²) in [4.78, 5) is 18.2. The molecule has 6 heteroatoms. The summed E-state index contributed by atoms with van der Waals surface area (Å²) in [5.74, 6) is -1.21. The average Bonchev–Trinajstić information content (AvgIpc) is 4.22. The van der Waals surface area contributed by atoms with Crippen LogP contribution in [0, 0.1) is 11.3 Å². The van der Waals surface area contributed by atoms with Crippen molar-refractivity contribution in [3.8, 4) is 59.6 Å². The van der Waals surface area contributed by atoms with Crippen molar-refractivity contribution >= 4 is 51.8 Å². The second kappa shape index (κ2) is 17.0. The third-order valence-electron chi connectivity index (χ3n) is 16.6. The van der Waals surface area contributed by atoms with Gasteiger partial charge < -0.3 is 10.0 Å². The lowest BCUT2D eigenvalue weighted by atomic mass is 9.73. The van der Waals surface area contributed by atoms with Crippen LogP contribution in [0.5, 0.6) is 0 Å². The van der Waals surface area contributed by atoms with Crippen molar-refractivity contribution in [1.82, 2.24) is 0 Å². The first-order chi connectivity index (χ1) is 33.6. The lowest BCUT2D eigenvalue weighted by molar-refractivity contribution is -0.132. The molecule has 0 radical (unpaired) electrons. The molecular weight excluding hydrogens is 881 g/mol. The Balaban J connectivity index is 1.04. The summed E-state index contributed by atoms with van der Waals surface area (Å²) in [6, 6.07) is 57.2. The molecule has 6 aromatic carbocycles. The molecule has 2 aromatic heterocycles. The predicted molar refractivity (Wildman–Crippen MR) is 289 cm³/mol. The van der Waals surface area contributed by atoms with E-state index in [9.17, 15) is 15.2 Å². The molecule has 8 aromatic rings. The van der Waals surface area contributed by atoms with Crippen LogP contribution in [-0.2, 0) is 21.0 Å². The van der Waals surface area contributed by atoms with Gasteiger partial charge in [-0.3, -0.25) is 0 Å². The Hall–Kier alpha value is -6.78. The number of benzene rings is 6. The number of hydrogen-bond donors (Lipinski definition) is 1. The van der Waals surface area contributed by atoms with Crippen molar-refractivity contribution in [3.63, 3.8) is 0 Å². The van der Waals surface area contributed by atoms with Crippen molar-refractivity contribution in [2.75, 3.05) is 4.90 Å². The maximum atomic E-state index is 11.5. The maximum absolute atomic E-state index is 11.5. The summed E-state index contributed by atoms with van der Waals surface area (Å²) >= 11 is 3.25. The number of thiophene rings is 2. The van der Waals surface area contributed by atoms with Gasteiger partial charge in [0.05, 0.1) is 0 Å². The molecule has 0 amide bonds. The van der Waals surface area contributed by atoms with Crippen molar-refractivity contribution in [1.29, 1.82) is 5.26 Å². The molecular formula is C63H56N2O2S2. The van der Waals surface area contributed by atoms with Gasteiger partial charge in [0.1, 0.15) is 11.6 Å². The maximum Gasteiger partial charge on any atom is 0.346 e. The summed E-state index contributed by atoms with van der Waals surface area (Å²) in [6.07, 6.45) is 7.54.